The fourth-order valence-corrected chi connectivity index (χ4v) is 3.85. The number of ether oxygens (including phenoxy) is 1. The molecule has 7 nitrogen and oxygen atoms in total. The van der Waals surface area contributed by atoms with Crippen LogP contribution in [0.5, 0.6) is 0 Å². The van der Waals surface area contributed by atoms with Gasteiger partial charge in [0.25, 0.3) is 0 Å². The number of nitrogens with zero attached hydrogens (tertiary/aromatic N) is 5. The number of hydrogen-bond acceptors (Lipinski definition) is 5. The summed E-state index contributed by atoms with van der Waals surface area (Å²) in [7, 11) is 3.34. The molecule has 4 rings (SSSR count). The lowest BCUT2D eigenvalue weighted by Crippen LogP contribution is -2.07. The minimum Gasteiger partial charge on any atom is -0.364 e. The highest BCUT2D eigenvalue weighted by Gasteiger charge is 2.45. The molecule has 1 aliphatic rings. The second-order valence-electron chi connectivity index (χ2n) is 7.00. The van der Waals surface area contributed by atoms with Gasteiger partial charge in [0.1, 0.15) is 0 Å². The normalized spacial score (nSPS) is 20.0. The fourth-order valence-electron chi connectivity index (χ4n) is 3.56. The number of rotatable bonds is 6. The number of benzene rings is 1. The summed E-state index contributed by atoms with van der Waals surface area (Å²) < 4.78 is 8.75. The Morgan fingerprint density at radius 2 is 2.19 bits per heavy atom. The molecule has 1 unspecified atom stereocenters. The van der Waals surface area contributed by atoms with Gasteiger partial charge in [-0.1, -0.05) is 11.3 Å². The first-order valence-corrected chi connectivity index (χ1v) is 9.37. The van der Waals surface area contributed by atoms with E-state index in [0.717, 1.165) is 34.6 Å². The van der Waals surface area contributed by atoms with Crippen molar-refractivity contribution in [3.8, 4) is 5.69 Å². The molecule has 1 aromatic carbocycles. The molecule has 2 heterocycles. The Balaban J connectivity index is 1.76. The molecule has 0 amide bonds. The standard InChI is InChI=1S/C19H22ClN5O2/c1-11-4-5-13(6-12(11)8-20)25-18(16(9-21-25)19(26)27-3)15-7-14(15)17-10-24(2)23-22-17/h4-6,9-10,14-15,19,26H,7-8H2,1-3H3/t14-,15-,19?/m1/s1. The molecular formula is C19H22ClN5O2. The van der Waals surface area contributed by atoms with Crippen molar-refractivity contribution < 1.29 is 9.84 Å². The summed E-state index contributed by atoms with van der Waals surface area (Å²) in [6.45, 7) is 2.04. The van der Waals surface area contributed by atoms with Gasteiger partial charge in [0.15, 0.2) is 6.29 Å². The first-order chi connectivity index (χ1) is 13.0. The maximum atomic E-state index is 10.3. The van der Waals surface area contributed by atoms with Crippen molar-refractivity contribution in [3.05, 3.63) is 58.7 Å². The number of hydrogen-bond donors (Lipinski definition) is 1. The van der Waals surface area contributed by atoms with E-state index in [1.807, 2.05) is 43.0 Å². The highest BCUT2D eigenvalue weighted by molar-refractivity contribution is 6.17. The molecule has 0 spiro atoms. The molecule has 3 aromatic rings. The molecule has 2 aromatic heterocycles. The van der Waals surface area contributed by atoms with Gasteiger partial charge < -0.3 is 9.84 Å². The fraction of sp³-hybridized carbons (Fsp3) is 0.421. The van der Waals surface area contributed by atoms with Crippen molar-refractivity contribution in [2.75, 3.05) is 7.11 Å². The summed E-state index contributed by atoms with van der Waals surface area (Å²) in [6.07, 6.45) is 3.53. The number of aryl methyl sites for hydroxylation is 2. The number of halogens is 1. The zero-order chi connectivity index (χ0) is 19.1. The number of aromatic nitrogens is 5. The molecule has 0 saturated heterocycles. The molecular weight excluding hydrogens is 366 g/mol. The largest absolute Gasteiger partial charge is 0.364 e. The summed E-state index contributed by atoms with van der Waals surface area (Å²) in [6, 6.07) is 6.10. The van der Waals surface area contributed by atoms with Crippen molar-refractivity contribution in [2.24, 2.45) is 7.05 Å². The molecule has 142 valence electrons. The molecule has 3 atom stereocenters. The lowest BCUT2D eigenvalue weighted by molar-refractivity contribution is -0.0775. The van der Waals surface area contributed by atoms with E-state index < -0.39 is 6.29 Å². The van der Waals surface area contributed by atoms with Crippen LogP contribution in [0.2, 0.25) is 0 Å². The quantitative estimate of drug-likeness (QED) is 0.519. The van der Waals surface area contributed by atoms with E-state index in [0.29, 0.717) is 11.4 Å². The van der Waals surface area contributed by atoms with Crippen LogP contribution >= 0.6 is 11.6 Å². The van der Waals surface area contributed by atoms with Gasteiger partial charge in [-0.15, -0.1) is 16.7 Å². The molecule has 1 aliphatic carbocycles. The van der Waals surface area contributed by atoms with Gasteiger partial charge in [-0.25, -0.2) is 4.68 Å². The zero-order valence-electron chi connectivity index (χ0n) is 15.5. The van der Waals surface area contributed by atoms with Crippen LogP contribution in [-0.4, -0.2) is 37.0 Å². The Bertz CT molecular complexity index is 967. The molecule has 0 radical (unpaired) electrons. The Kier molecular flexibility index (Phi) is 4.75. The van der Waals surface area contributed by atoms with E-state index in [-0.39, 0.29) is 11.8 Å². The van der Waals surface area contributed by atoms with Crippen molar-refractivity contribution in [3.63, 3.8) is 0 Å². The first-order valence-electron chi connectivity index (χ1n) is 8.84. The molecule has 0 bridgehead atoms. The molecule has 1 fully saturated rings. The minimum absolute atomic E-state index is 0.199. The number of aliphatic hydroxyl groups excluding tert-OH is 1. The van der Waals surface area contributed by atoms with Crippen LogP contribution in [0.15, 0.2) is 30.6 Å². The molecule has 8 heteroatoms. The van der Waals surface area contributed by atoms with Crippen molar-refractivity contribution in [1.82, 2.24) is 24.8 Å². The van der Waals surface area contributed by atoms with Crippen LogP contribution in [0.25, 0.3) is 5.69 Å². The Morgan fingerprint density at radius 3 is 2.85 bits per heavy atom. The van der Waals surface area contributed by atoms with E-state index in [1.54, 1.807) is 10.9 Å². The highest BCUT2D eigenvalue weighted by Crippen LogP contribution is 2.55. The second kappa shape index (κ2) is 7.07. The third-order valence-corrected chi connectivity index (χ3v) is 5.48. The van der Waals surface area contributed by atoms with E-state index in [9.17, 15) is 5.11 Å². The summed E-state index contributed by atoms with van der Waals surface area (Å²) in [4.78, 5) is 0. The Hall–Kier alpha value is -2.22. The van der Waals surface area contributed by atoms with Gasteiger partial charge >= 0.3 is 0 Å². The van der Waals surface area contributed by atoms with Crippen LogP contribution in [0.4, 0.5) is 0 Å². The van der Waals surface area contributed by atoms with Crippen LogP contribution in [-0.2, 0) is 17.7 Å². The smallest absolute Gasteiger partial charge is 0.184 e. The van der Waals surface area contributed by atoms with Crippen molar-refractivity contribution in [1.29, 1.82) is 0 Å². The predicted molar refractivity (Wildman–Crippen MR) is 101 cm³/mol. The average Bonchev–Trinajstić information content (AvgIpc) is 3.13. The van der Waals surface area contributed by atoms with Crippen LogP contribution < -0.4 is 0 Å². The van der Waals surface area contributed by atoms with E-state index in [1.165, 1.54) is 7.11 Å². The van der Waals surface area contributed by atoms with E-state index in [4.69, 9.17) is 16.3 Å². The Morgan fingerprint density at radius 1 is 1.37 bits per heavy atom. The topological polar surface area (TPSA) is 78.0 Å². The highest BCUT2D eigenvalue weighted by atomic mass is 35.5. The molecule has 27 heavy (non-hydrogen) atoms. The van der Waals surface area contributed by atoms with Gasteiger partial charge in [-0.3, -0.25) is 4.68 Å². The second-order valence-corrected chi connectivity index (χ2v) is 7.26. The lowest BCUT2D eigenvalue weighted by atomic mass is 10.1. The first kappa shape index (κ1) is 18.2. The predicted octanol–water partition coefficient (Wildman–Crippen LogP) is 2.96. The number of alkyl halides is 1. The number of aliphatic hydroxyl groups is 1. The molecule has 1 N–H and O–H groups in total. The van der Waals surface area contributed by atoms with Crippen LogP contribution in [0, 0.1) is 6.92 Å². The van der Waals surface area contributed by atoms with Crippen molar-refractivity contribution >= 4 is 11.6 Å². The minimum atomic E-state index is -1.02. The zero-order valence-corrected chi connectivity index (χ0v) is 16.3. The van der Waals surface area contributed by atoms with E-state index in [2.05, 4.69) is 15.4 Å². The summed E-state index contributed by atoms with van der Waals surface area (Å²) in [5.74, 6) is 0.898. The van der Waals surface area contributed by atoms with Gasteiger partial charge in [0.2, 0.25) is 0 Å². The lowest BCUT2D eigenvalue weighted by Gasteiger charge is -2.14. The van der Waals surface area contributed by atoms with E-state index >= 15 is 0 Å². The Labute approximate surface area is 162 Å². The average molecular weight is 388 g/mol. The summed E-state index contributed by atoms with van der Waals surface area (Å²) >= 11 is 6.08. The van der Waals surface area contributed by atoms with Gasteiger partial charge in [-0.05, 0) is 36.6 Å². The molecule has 0 aliphatic heterocycles. The SMILES string of the molecule is COC(O)c1cnn(-c2ccc(C)c(CCl)c2)c1[C@@H]1C[C@H]1c1cn(C)nn1. The van der Waals surface area contributed by atoms with Gasteiger partial charge in [-0.2, -0.15) is 5.10 Å². The number of methoxy groups -OCH3 is 1. The van der Waals surface area contributed by atoms with Crippen molar-refractivity contribution in [2.45, 2.75) is 37.4 Å². The van der Waals surface area contributed by atoms with Crippen LogP contribution in [0.1, 0.15) is 52.6 Å². The maximum absolute atomic E-state index is 10.3. The summed E-state index contributed by atoms with van der Waals surface area (Å²) in [5, 5.41) is 23.2. The third-order valence-electron chi connectivity index (χ3n) is 5.19. The van der Waals surface area contributed by atoms with Gasteiger partial charge in [0, 0.05) is 43.6 Å². The maximum Gasteiger partial charge on any atom is 0.184 e. The third kappa shape index (κ3) is 3.26. The van der Waals surface area contributed by atoms with Gasteiger partial charge in [0.05, 0.1) is 23.3 Å². The summed E-state index contributed by atoms with van der Waals surface area (Å²) in [5.41, 5.74) is 5.71. The monoisotopic (exact) mass is 387 g/mol. The van der Waals surface area contributed by atoms with Crippen LogP contribution in [0.3, 0.4) is 0 Å². The molecule has 1 saturated carbocycles.